The van der Waals surface area contributed by atoms with Crippen LogP contribution in [0.1, 0.15) is 47.0 Å². The van der Waals surface area contributed by atoms with E-state index >= 15 is 0 Å². The summed E-state index contributed by atoms with van der Waals surface area (Å²) in [5.74, 6) is 0.470. The Labute approximate surface area is 98.1 Å². The maximum atomic E-state index is 11.2. The van der Waals surface area contributed by atoms with Crippen LogP contribution < -0.4 is 0 Å². The molecule has 0 spiro atoms. The molecular weight excluding hydrogens is 200 g/mol. The van der Waals surface area contributed by atoms with Crippen LogP contribution in [-0.4, -0.2) is 12.1 Å². The van der Waals surface area contributed by atoms with Gasteiger partial charge < -0.3 is 4.74 Å². The molecule has 0 aromatic carbocycles. The zero-order valence-electron chi connectivity index (χ0n) is 10.7. The average molecular weight is 222 g/mol. The Kier molecular flexibility index (Phi) is 2.64. The molecule has 90 valence electrons. The Bertz CT molecular complexity index is 332. The van der Waals surface area contributed by atoms with Crippen LogP contribution >= 0.6 is 0 Å². The van der Waals surface area contributed by atoms with Gasteiger partial charge in [-0.05, 0) is 30.6 Å². The van der Waals surface area contributed by atoms with Crippen LogP contribution in [0.4, 0.5) is 0 Å². The van der Waals surface area contributed by atoms with Gasteiger partial charge >= 0.3 is 5.97 Å². The summed E-state index contributed by atoms with van der Waals surface area (Å²) in [4.78, 5) is 11.2. The molecule has 0 aliphatic heterocycles. The van der Waals surface area contributed by atoms with E-state index in [1.807, 2.05) is 0 Å². The third-order valence-electron chi connectivity index (χ3n) is 4.68. The fourth-order valence-corrected chi connectivity index (χ4v) is 3.14. The SMILES string of the molecule is CC(=O)OC1CC2(C(C)C)C=CC1(C)CC2. The van der Waals surface area contributed by atoms with Crippen LogP contribution in [0.2, 0.25) is 0 Å². The van der Waals surface area contributed by atoms with Crippen molar-refractivity contribution in [2.45, 2.75) is 53.1 Å². The molecule has 0 saturated heterocycles. The molecule has 0 radical (unpaired) electrons. The molecule has 3 aliphatic rings. The second kappa shape index (κ2) is 3.61. The van der Waals surface area contributed by atoms with Crippen molar-refractivity contribution in [3.8, 4) is 0 Å². The summed E-state index contributed by atoms with van der Waals surface area (Å²) in [6.45, 7) is 8.25. The number of fused-ring (bicyclic) bond motifs is 2. The maximum Gasteiger partial charge on any atom is 0.302 e. The Balaban J connectivity index is 2.26. The van der Waals surface area contributed by atoms with E-state index in [1.54, 1.807) is 0 Å². The topological polar surface area (TPSA) is 26.3 Å². The predicted octanol–water partition coefficient (Wildman–Crippen LogP) is 3.32. The Morgan fingerprint density at radius 1 is 1.38 bits per heavy atom. The highest BCUT2D eigenvalue weighted by Gasteiger charge is 2.51. The van der Waals surface area contributed by atoms with E-state index in [0.29, 0.717) is 5.92 Å². The van der Waals surface area contributed by atoms with Gasteiger partial charge in [-0.2, -0.15) is 0 Å². The van der Waals surface area contributed by atoms with Crippen molar-refractivity contribution in [2.24, 2.45) is 16.7 Å². The Hall–Kier alpha value is -0.790. The van der Waals surface area contributed by atoms with Crippen LogP contribution in [0.3, 0.4) is 0 Å². The summed E-state index contributed by atoms with van der Waals surface area (Å²) in [5.41, 5.74) is 0.334. The average Bonchev–Trinajstić information content (AvgIpc) is 2.19. The number of allylic oxidation sites excluding steroid dienone is 1. The quantitative estimate of drug-likeness (QED) is 0.529. The van der Waals surface area contributed by atoms with Crippen molar-refractivity contribution < 1.29 is 9.53 Å². The first-order valence-electron chi connectivity index (χ1n) is 6.26. The Morgan fingerprint density at radius 2 is 2.06 bits per heavy atom. The molecular formula is C14H22O2. The molecule has 3 rings (SSSR count). The van der Waals surface area contributed by atoms with Crippen LogP contribution in [-0.2, 0) is 9.53 Å². The monoisotopic (exact) mass is 222 g/mol. The minimum Gasteiger partial charge on any atom is -0.462 e. The van der Waals surface area contributed by atoms with Crippen molar-refractivity contribution in [1.29, 1.82) is 0 Å². The highest BCUT2D eigenvalue weighted by atomic mass is 16.5. The molecule has 0 heterocycles. The van der Waals surface area contributed by atoms with Gasteiger partial charge in [0.25, 0.3) is 0 Å². The molecule has 2 bridgehead atoms. The van der Waals surface area contributed by atoms with Gasteiger partial charge in [0, 0.05) is 12.3 Å². The molecule has 0 amide bonds. The van der Waals surface area contributed by atoms with Gasteiger partial charge in [0.15, 0.2) is 0 Å². The summed E-state index contributed by atoms with van der Waals surface area (Å²) in [5, 5.41) is 0. The van der Waals surface area contributed by atoms with Crippen LogP contribution in [0.15, 0.2) is 12.2 Å². The second-order valence-corrected chi connectivity index (χ2v) is 6.03. The number of rotatable bonds is 2. The molecule has 0 N–H and O–H groups in total. The van der Waals surface area contributed by atoms with Gasteiger partial charge in [-0.1, -0.05) is 32.9 Å². The minimum atomic E-state index is -0.147. The van der Waals surface area contributed by atoms with Crippen LogP contribution in [0, 0.1) is 16.7 Å². The zero-order chi connectivity index (χ0) is 12.0. The van der Waals surface area contributed by atoms with Crippen LogP contribution in [0.25, 0.3) is 0 Å². The lowest BCUT2D eigenvalue weighted by molar-refractivity contribution is -0.159. The molecule has 1 fully saturated rings. The fourth-order valence-electron chi connectivity index (χ4n) is 3.14. The summed E-state index contributed by atoms with van der Waals surface area (Å²) in [6, 6.07) is 0. The van der Waals surface area contributed by atoms with Crippen molar-refractivity contribution in [3.63, 3.8) is 0 Å². The number of hydrogen-bond donors (Lipinski definition) is 0. The third kappa shape index (κ3) is 1.68. The van der Waals surface area contributed by atoms with Gasteiger partial charge in [-0.15, -0.1) is 0 Å². The smallest absolute Gasteiger partial charge is 0.302 e. The van der Waals surface area contributed by atoms with E-state index in [1.165, 1.54) is 13.3 Å². The number of hydrogen-bond acceptors (Lipinski definition) is 2. The molecule has 3 aliphatic carbocycles. The normalized spacial score (nSPS) is 41.4. The Morgan fingerprint density at radius 3 is 2.50 bits per heavy atom. The van der Waals surface area contributed by atoms with Crippen molar-refractivity contribution in [3.05, 3.63) is 12.2 Å². The van der Waals surface area contributed by atoms with Crippen molar-refractivity contribution in [2.75, 3.05) is 0 Å². The van der Waals surface area contributed by atoms with Crippen molar-refractivity contribution >= 4 is 5.97 Å². The van der Waals surface area contributed by atoms with Crippen molar-refractivity contribution in [1.82, 2.24) is 0 Å². The van der Waals surface area contributed by atoms with E-state index in [0.717, 1.165) is 12.8 Å². The molecule has 3 atom stereocenters. The van der Waals surface area contributed by atoms with E-state index in [9.17, 15) is 4.79 Å². The number of carbonyl (C=O) groups is 1. The van der Waals surface area contributed by atoms with Gasteiger partial charge in [0.2, 0.25) is 0 Å². The first-order valence-corrected chi connectivity index (χ1v) is 6.26. The molecule has 16 heavy (non-hydrogen) atoms. The second-order valence-electron chi connectivity index (χ2n) is 6.03. The zero-order valence-corrected chi connectivity index (χ0v) is 10.7. The lowest BCUT2D eigenvalue weighted by Crippen LogP contribution is -2.49. The third-order valence-corrected chi connectivity index (χ3v) is 4.68. The van der Waals surface area contributed by atoms with Gasteiger partial charge in [-0.3, -0.25) is 4.79 Å². The lowest BCUT2D eigenvalue weighted by atomic mass is 9.54. The van der Waals surface area contributed by atoms with E-state index in [4.69, 9.17) is 4.74 Å². The number of esters is 1. The van der Waals surface area contributed by atoms with Crippen LogP contribution in [0.5, 0.6) is 0 Å². The molecule has 2 nitrogen and oxygen atoms in total. The highest BCUT2D eigenvalue weighted by Crippen LogP contribution is 2.56. The minimum absolute atomic E-state index is 0.0717. The molecule has 3 unspecified atom stereocenters. The van der Waals surface area contributed by atoms with E-state index in [2.05, 4.69) is 32.9 Å². The number of ether oxygens (including phenoxy) is 1. The molecule has 1 saturated carbocycles. The standard InChI is InChI=1S/C14H22O2/c1-10(2)14-7-5-13(4,6-8-14)12(9-14)16-11(3)15/h5,7,10,12H,6,8-9H2,1-4H3. The number of carbonyl (C=O) groups excluding carboxylic acids is 1. The predicted molar refractivity (Wildman–Crippen MR) is 63.9 cm³/mol. The maximum absolute atomic E-state index is 11.2. The van der Waals surface area contributed by atoms with Gasteiger partial charge in [0.1, 0.15) is 6.10 Å². The first kappa shape index (κ1) is 11.7. The summed E-state index contributed by atoms with van der Waals surface area (Å²) in [6.07, 6.45) is 8.10. The summed E-state index contributed by atoms with van der Waals surface area (Å²) < 4.78 is 5.51. The molecule has 0 aromatic rings. The molecule has 2 heteroatoms. The van der Waals surface area contributed by atoms with Gasteiger partial charge in [-0.25, -0.2) is 0 Å². The fraction of sp³-hybridized carbons (Fsp3) is 0.786. The lowest BCUT2D eigenvalue weighted by Gasteiger charge is -2.53. The largest absolute Gasteiger partial charge is 0.462 e. The molecule has 0 aromatic heterocycles. The van der Waals surface area contributed by atoms with E-state index in [-0.39, 0.29) is 22.9 Å². The summed E-state index contributed by atoms with van der Waals surface area (Å²) in [7, 11) is 0. The van der Waals surface area contributed by atoms with E-state index < -0.39 is 0 Å². The van der Waals surface area contributed by atoms with Gasteiger partial charge in [0.05, 0.1) is 0 Å². The highest BCUT2D eigenvalue weighted by molar-refractivity contribution is 5.66. The summed E-state index contributed by atoms with van der Waals surface area (Å²) >= 11 is 0. The first-order chi connectivity index (χ1) is 7.38.